The zero-order valence-corrected chi connectivity index (χ0v) is 13.8. The van der Waals surface area contributed by atoms with Crippen molar-refractivity contribution in [3.8, 4) is 5.75 Å². The van der Waals surface area contributed by atoms with Crippen LogP contribution in [0.3, 0.4) is 0 Å². The number of aromatic hydroxyl groups is 1. The van der Waals surface area contributed by atoms with Crippen LogP contribution in [0.15, 0.2) is 45.8 Å². The molecule has 0 saturated carbocycles. The number of anilines is 1. The molecule has 0 aliphatic carbocycles. The zero-order chi connectivity index (χ0) is 15.6. The van der Waals surface area contributed by atoms with Gasteiger partial charge in [-0.25, -0.2) is 13.1 Å². The molecule has 0 fully saturated rings. The maximum atomic E-state index is 12.2. The number of hydrogen-bond acceptors (Lipinski definition) is 4. The Kier molecular flexibility index (Phi) is 4.77. The van der Waals surface area contributed by atoms with Gasteiger partial charge in [-0.15, -0.1) is 0 Å². The molecular weight excluding hydrogens is 380 g/mol. The predicted octanol–water partition coefficient (Wildman–Crippen LogP) is 2.87. The maximum absolute atomic E-state index is 12.2. The summed E-state index contributed by atoms with van der Waals surface area (Å²) in [6.45, 7) is -0.0917. The molecule has 2 aromatic carbocycles. The predicted molar refractivity (Wildman–Crippen MR) is 85.7 cm³/mol. The van der Waals surface area contributed by atoms with Gasteiger partial charge < -0.3 is 10.8 Å². The fourth-order valence-corrected chi connectivity index (χ4v) is 3.73. The Morgan fingerprint density at radius 3 is 2.62 bits per heavy atom. The molecule has 0 saturated heterocycles. The molecule has 112 valence electrons. The summed E-state index contributed by atoms with van der Waals surface area (Å²) in [6.07, 6.45) is 0. The summed E-state index contributed by atoms with van der Waals surface area (Å²) in [5, 5.41) is 9.78. The molecule has 0 amide bonds. The van der Waals surface area contributed by atoms with E-state index in [1.54, 1.807) is 6.07 Å². The highest BCUT2D eigenvalue weighted by Gasteiger charge is 2.18. The lowest BCUT2D eigenvalue weighted by Gasteiger charge is -2.10. The van der Waals surface area contributed by atoms with E-state index in [4.69, 9.17) is 17.3 Å². The van der Waals surface area contributed by atoms with Crippen molar-refractivity contribution in [3.05, 3.63) is 51.5 Å². The highest BCUT2D eigenvalue weighted by Crippen LogP contribution is 2.26. The molecule has 0 atom stereocenters. The molecule has 8 heteroatoms. The second kappa shape index (κ2) is 6.23. The minimum Gasteiger partial charge on any atom is -0.508 e. The second-order valence-corrected chi connectivity index (χ2v) is 7.35. The molecule has 0 spiro atoms. The SMILES string of the molecule is Nc1ccc(O)c(CNS(=O)(=O)c2ccc(Br)cc2Cl)c1. The Bertz CT molecular complexity index is 781. The van der Waals surface area contributed by atoms with Crippen LogP contribution in [0.25, 0.3) is 0 Å². The second-order valence-electron chi connectivity index (χ2n) is 4.29. The van der Waals surface area contributed by atoms with E-state index in [-0.39, 0.29) is 22.2 Å². The molecule has 5 nitrogen and oxygen atoms in total. The van der Waals surface area contributed by atoms with E-state index < -0.39 is 10.0 Å². The summed E-state index contributed by atoms with van der Waals surface area (Å²) in [7, 11) is -3.79. The Labute approximate surface area is 135 Å². The summed E-state index contributed by atoms with van der Waals surface area (Å²) in [6, 6.07) is 8.91. The lowest BCUT2D eigenvalue weighted by Crippen LogP contribution is -2.23. The fraction of sp³-hybridized carbons (Fsp3) is 0.0769. The van der Waals surface area contributed by atoms with E-state index in [1.807, 2.05) is 0 Å². The Hall–Kier alpha value is -1.28. The van der Waals surface area contributed by atoms with Crippen molar-refractivity contribution in [1.29, 1.82) is 0 Å². The van der Waals surface area contributed by atoms with Crippen LogP contribution in [0.2, 0.25) is 5.02 Å². The van der Waals surface area contributed by atoms with Crippen LogP contribution in [0.5, 0.6) is 5.75 Å². The van der Waals surface area contributed by atoms with Crippen LogP contribution >= 0.6 is 27.5 Å². The lowest BCUT2D eigenvalue weighted by molar-refractivity contribution is 0.467. The molecule has 0 aromatic heterocycles. The first-order chi connectivity index (χ1) is 9.79. The topological polar surface area (TPSA) is 92.4 Å². The lowest BCUT2D eigenvalue weighted by atomic mass is 10.2. The number of halogens is 2. The molecule has 0 aliphatic heterocycles. The van der Waals surface area contributed by atoms with Crippen LogP contribution in [-0.4, -0.2) is 13.5 Å². The summed E-state index contributed by atoms with van der Waals surface area (Å²) in [5.74, 6) is -0.0335. The third-order valence-corrected chi connectivity index (χ3v) is 5.12. The summed E-state index contributed by atoms with van der Waals surface area (Å²) in [4.78, 5) is -0.0317. The summed E-state index contributed by atoms with van der Waals surface area (Å²) >= 11 is 9.14. The molecule has 0 heterocycles. The molecule has 0 radical (unpaired) electrons. The number of benzene rings is 2. The number of rotatable bonds is 4. The van der Waals surface area contributed by atoms with E-state index in [2.05, 4.69) is 20.7 Å². The van der Waals surface area contributed by atoms with Gasteiger partial charge in [0.2, 0.25) is 10.0 Å². The number of nitrogens with one attached hydrogen (secondary N) is 1. The van der Waals surface area contributed by atoms with Crippen molar-refractivity contribution in [3.63, 3.8) is 0 Å². The van der Waals surface area contributed by atoms with Gasteiger partial charge in [0.25, 0.3) is 0 Å². The number of phenolic OH excluding ortho intramolecular Hbond substituents is 1. The molecule has 0 unspecified atom stereocenters. The van der Waals surface area contributed by atoms with Crippen molar-refractivity contribution in [2.24, 2.45) is 0 Å². The number of nitrogen functional groups attached to an aromatic ring is 1. The normalized spacial score (nSPS) is 11.5. The average molecular weight is 392 g/mol. The van der Waals surface area contributed by atoms with Crippen LogP contribution < -0.4 is 10.5 Å². The zero-order valence-electron chi connectivity index (χ0n) is 10.7. The van der Waals surface area contributed by atoms with E-state index in [9.17, 15) is 13.5 Å². The van der Waals surface area contributed by atoms with Crippen molar-refractivity contribution in [1.82, 2.24) is 4.72 Å². The highest BCUT2D eigenvalue weighted by molar-refractivity contribution is 9.10. The number of sulfonamides is 1. The van der Waals surface area contributed by atoms with Gasteiger partial charge in [-0.2, -0.15) is 0 Å². The van der Waals surface area contributed by atoms with Crippen molar-refractivity contribution >= 4 is 43.2 Å². The molecular formula is C13H12BrClN2O3S. The average Bonchev–Trinajstić information content (AvgIpc) is 2.39. The van der Waals surface area contributed by atoms with Crippen LogP contribution in [-0.2, 0) is 16.6 Å². The maximum Gasteiger partial charge on any atom is 0.242 e. The monoisotopic (exact) mass is 390 g/mol. The van der Waals surface area contributed by atoms with E-state index in [0.717, 1.165) is 0 Å². The molecule has 0 aliphatic rings. The van der Waals surface area contributed by atoms with Crippen molar-refractivity contribution < 1.29 is 13.5 Å². The summed E-state index contributed by atoms with van der Waals surface area (Å²) < 4.78 is 27.5. The van der Waals surface area contributed by atoms with Gasteiger partial charge in [0.15, 0.2) is 0 Å². The summed E-state index contributed by atoms with van der Waals surface area (Å²) in [5.41, 5.74) is 6.42. The van der Waals surface area contributed by atoms with E-state index >= 15 is 0 Å². The molecule has 21 heavy (non-hydrogen) atoms. The first-order valence-electron chi connectivity index (χ1n) is 5.82. The largest absolute Gasteiger partial charge is 0.508 e. The van der Waals surface area contributed by atoms with Gasteiger partial charge in [-0.05, 0) is 36.4 Å². The third-order valence-electron chi connectivity index (χ3n) is 2.74. The Morgan fingerprint density at radius 2 is 1.95 bits per heavy atom. The molecule has 4 N–H and O–H groups in total. The third kappa shape index (κ3) is 3.88. The fourth-order valence-electron chi connectivity index (χ4n) is 1.69. The minimum absolute atomic E-state index is 0.0317. The standard InChI is InChI=1S/C13H12BrClN2O3S/c14-9-1-4-13(11(15)6-9)21(19,20)17-7-8-5-10(16)2-3-12(8)18/h1-6,17-18H,7,16H2. The first-order valence-corrected chi connectivity index (χ1v) is 8.47. The van der Waals surface area contributed by atoms with Gasteiger partial charge in [-0.3, -0.25) is 0 Å². The van der Waals surface area contributed by atoms with Crippen molar-refractivity contribution in [2.75, 3.05) is 5.73 Å². The number of hydrogen-bond donors (Lipinski definition) is 3. The van der Waals surface area contributed by atoms with Crippen LogP contribution in [0.1, 0.15) is 5.56 Å². The van der Waals surface area contributed by atoms with Gasteiger partial charge in [0.1, 0.15) is 10.6 Å². The van der Waals surface area contributed by atoms with Crippen LogP contribution in [0, 0.1) is 0 Å². The number of phenols is 1. The van der Waals surface area contributed by atoms with Gasteiger partial charge in [0.05, 0.1) is 5.02 Å². The Morgan fingerprint density at radius 1 is 1.24 bits per heavy atom. The van der Waals surface area contributed by atoms with Gasteiger partial charge in [0, 0.05) is 22.3 Å². The minimum atomic E-state index is -3.79. The number of nitrogens with two attached hydrogens (primary N) is 1. The van der Waals surface area contributed by atoms with Gasteiger partial charge >= 0.3 is 0 Å². The quantitative estimate of drug-likeness (QED) is 0.552. The molecule has 0 bridgehead atoms. The Balaban J connectivity index is 2.24. The van der Waals surface area contributed by atoms with Gasteiger partial charge in [-0.1, -0.05) is 27.5 Å². The smallest absolute Gasteiger partial charge is 0.242 e. The van der Waals surface area contributed by atoms with E-state index in [0.29, 0.717) is 15.7 Å². The van der Waals surface area contributed by atoms with Crippen LogP contribution in [0.4, 0.5) is 5.69 Å². The molecule has 2 rings (SSSR count). The first kappa shape index (κ1) is 16.1. The highest BCUT2D eigenvalue weighted by atomic mass is 79.9. The van der Waals surface area contributed by atoms with E-state index in [1.165, 1.54) is 30.3 Å². The van der Waals surface area contributed by atoms with Crippen molar-refractivity contribution in [2.45, 2.75) is 11.4 Å². The molecule has 2 aromatic rings.